The third-order valence-corrected chi connectivity index (χ3v) is 5.24. The maximum atomic E-state index is 12.6. The van der Waals surface area contributed by atoms with E-state index in [4.69, 9.17) is 0 Å². The number of likely N-dealkylation sites (tertiary alicyclic amines) is 1. The van der Waals surface area contributed by atoms with Crippen LogP contribution in [0.2, 0.25) is 0 Å². The molecule has 1 amide bonds. The minimum Gasteiger partial charge on any atom is -0.480 e. The summed E-state index contributed by atoms with van der Waals surface area (Å²) >= 11 is 1.41. The van der Waals surface area contributed by atoms with Crippen molar-refractivity contribution < 1.29 is 14.7 Å². The van der Waals surface area contributed by atoms with Gasteiger partial charge in [-0.25, -0.2) is 9.78 Å². The zero-order valence-corrected chi connectivity index (χ0v) is 14.5. The minimum atomic E-state index is -0.944. The van der Waals surface area contributed by atoms with E-state index in [2.05, 4.69) is 31.0 Å². The van der Waals surface area contributed by atoms with Gasteiger partial charge in [0.15, 0.2) is 0 Å². The molecule has 0 radical (unpaired) electrons. The second kappa shape index (κ2) is 6.73. The lowest BCUT2D eigenvalue weighted by atomic mass is 10.0. The van der Waals surface area contributed by atoms with E-state index in [0.717, 1.165) is 17.0 Å². The first-order valence-corrected chi connectivity index (χ1v) is 8.95. The van der Waals surface area contributed by atoms with Crippen LogP contribution in [0, 0.1) is 0 Å². The molecule has 0 aliphatic carbocycles. The lowest BCUT2D eigenvalue weighted by Crippen LogP contribution is -2.40. The van der Waals surface area contributed by atoms with Crippen LogP contribution < -0.4 is 0 Å². The number of aromatic nitrogens is 1. The Balaban J connectivity index is 1.80. The predicted molar refractivity (Wildman–Crippen MR) is 93.3 cm³/mol. The number of aliphatic carboxylic acids is 1. The number of carbonyl (C=O) groups excluding carboxylic acids is 1. The van der Waals surface area contributed by atoms with Crippen molar-refractivity contribution in [2.45, 2.75) is 38.6 Å². The van der Waals surface area contributed by atoms with E-state index in [-0.39, 0.29) is 5.91 Å². The molecule has 1 aliphatic rings. The van der Waals surface area contributed by atoms with Gasteiger partial charge in [0.2, 0.25) is 0 Å². The number of carboxylic acid groups (broad SMARTS) is 1. The van der Waals surface area contributed by atoms with Crippen LogP contribution in [0.15, 0.2) is 29.6 Å². The lowest BCUT2D eigenvalue weighted by molar-refractivity contribution is -0.141. The zero-order chi connectivity index (χ0) is 17.3. The molecule has 2 heterocycles. The van der Waals surface area contributed by atoms with E-state index in [1.807, 2.05) is 12.1 Å². The quantitative estimate of drug-likeness (QED) is 0.919. The second-order valence-electron chi connectivity index (χ2n) is 6.31. The minimum absolute atomic E-state index is 0.291. The number of amides is 1. The molecule has 1 aliphatic heterocycles. The molecule has 3 rings (SSSR count). The van der Waals surface area contributed by atoms with Crippen molar-refractivity contribution >= 4 is 23.2 Å². The van der Waals surface area contributed by atoms with Gasteiger partial charge in [0.05, 0.1) is 0 Å². The summed E-state index contributed by atoms with van der Waals surface area (Å²) in [6, 6.07) is 7.44. The summed E-state index contributed by atoms with van der Waals surface area (Å²) in [5.74, 6) is -0.766. The van der Waals surface area contributed by atoms with Gasteiger partial charge in [-0.2, -0.15) is 0 Å². The molecule has 6 heteroatoms. The Kier molecular flexibility index (Phi) is 4.66. The van der Waals surface area contributed by atoms with Gasteiger partial charge >= 0.3 is 5.97 Å². The molecule has 0 bridgehead atoms. The lowest BCUT2D eigenvalue weighted by Gasteiger charge is -2.20. The molecule has 2 aromatic rings. The highest BCUT2D eigenvalue weighted by Gasteiger charge is 2.35. The predicted octanol–water partition coefficient (Wildman–Crippen LogP) is 3.62. The summed E-state index contributed by atoms with van der Waals surface area (Å²) < 4.78 is 0. The largest absolute Gasteiger partial charge is 0.480 e. The molecule has 0 saturated carbocycles. The van der Waals surface area contributed by atoms with Crippen molar-refractivity contribution in [2.75, 3.05) is 6.54 Å². The average molecular weight is 344 g/mol. The standard InChI is InChI=1S/C18H20N2O3S/c1-11(2)12-5-7-13(8-6-12)16-19-14(10-24-16)17(21)20-9-3-4-15(20)18(22)23/h5-8,10-11,15H,3-4,9H2,1-2H3,(H,22,23)/t15-/m1/s1. The Labute approximate surface area is 145 Å². The molecule has 0 spiro atoms. The highest BCUT2D eigenvalue weighted by Crippen LogP contribution is 2.27. The summed E-state index contributed by atoms with van der Waals surface area (Å²) in [7, 11) is 0. The summed E-state index contributed by atoms with van der Waals surface area (Å²) in [6.45, 7) is 4.76. The fourth-order valence-electron chi connectivity index (χ4n) is 2.93. The smallest absolute Gasteiger partial charge is 0.326 e. The van der Waals surface area contributed by atoms with Gasteiger partial charge in [0, 0.05) is 17.5 Å². The van der Waals surface area contributed by atoms with E-state index in [1.54, 1.807) is 5.38 Å². The van der Waals surface area contributed by atoms with E-state index in [9.17, 15) is 14.7 Å². The number of thiazole rings is 1. The van der Waals surface area contributed by atoms with Crippen LogP contribution in [0.1, 0.15) is 48.7 Å². The number of carbonyl (C=O) groups is 2. The van der Waals surface area contributed by atoms with Crippen molar-refractivity contribution in [3.8, 4) is 10.6 Å². The van der Waals surface area contributed by atoms with Crippen molar-refractivity contribution in [1.82, 2.24) is 9.88 Å². The summed E-state index contributed by atoms with van der Waals surface area (Å²) in [5, 5.41) is 11.7. The van der Waals surface area contributed by atoms with Gasteiger partial charge in [-0.3, -0.25) is 4.79 Å². The van der Waals surface area contributed by atoms with E-state index < -0.39 is 12.0 Å². The van der Waals surface area contributed by atoms with Crippen LogP contribution in [-0.4, -0.2) is 39.5 Å². The molecule has 1 aromatic carbocycles. The molecular weight excluding hydrogens is 324 g/mol. The SMILES string of the molecule is CC(C)c1ccc(-c2nc(C(=O)N3CCC[C@@H]3C(=O)O)cs2)cc1. The number of hydrogen-bond donors (Lipinski definition) is 1. The van der Waals surface area contributed by atoms with Crippen LogP contribution in [0.3, 0.4) is 0 Å². The van der Waals surface area contributed by atoms with Crippen LogP contribution in [0.4, 0.5) is 0 Å². The second-order valence-corrected chi connectivity index (χ2v) is 7.17. The van der Waals surface area contributed by atoms with Gasteiger partial charge in [-0.05, 0) is 24.3 Å². The topological polar surface area (TPSA) is 70.5 Å². The number of nitrogens with zero attached hydrogens (tertiary/aromatic N) is 2. The summed E-state index contributed by atoms with van der Waals surface area (Å²) in [5.41, 5.74) is 2.56. The fraction of sp³-hybridized carbons (Fsp3) is 0.389. The molecule has 24 heavy (non-hydrogen) atoms. The van der Waals surface area contributed by atoms with E-state index >= 15 is 0 Å². The Morgan fingerprint density at radius 3 is 2.62 bits per heavy atom. The number of benzene rings is 1. The zero-order valence-electron chi connectivity index (χ0n) is 13.7. The van der Waals surface area contributed by atoms with Gasteiger partial charge in [0.1, 0.15) is 16.7 Å². The third-order valence-electron chi connectivity index (χ3n) is 4.35. The normalized spacial score (nSPS) is 17.5. The van der Waals surface area contributed by atoms with E-state index in [1.165, 1.54) is 21.8 Å². The van der Waals surface area contributed by atoms with Gasteiger partial charge < -0.3 is 10.0 Å². The number of carboxylic acids is 1. The van der Waals surface area contributed by atoms with E-state index in [0.29, 0.717) is 24.6 Å². The maximum Gasteiger partial charge on any atom is 0.326 e. The third kappa shape index (κ3) is 3.19. The Hall–Kier alpha value is -2.21. The summed E-state index contributed by atoms with van der Waals surface area (Å²) in [6.07, 6.45) is 1.23. The molecule has 1 atom stereocenters. The summed E-state index contributed by atoms with van der Waals surface area (Å²) in [4.78, 5) is 29.7. The monoisotopic (exact) mass is 344 g/mol. The van der Waals surface area contributed by atoms with Gasteiger partial charge in [0.25, 0.3) is 5.91 Å². The van der Waals surface area contributed by atoms with Crippen LogP contribution >= 0.6 is 11.3 Å². The van der Waals surface area contributed by atoms with Crippen molar-refractivity contribution in [2.24, 2.45) is 0 Å². The van der Waals surface area contributed by atoms with Gasteiger partial charge in [-0.15, -0.1) is 11.3 Å². The molecule has 1 fully saturated rings. The highest BCUT2D eigenvalue weighted by molar-refractivity contribution is 7.13. The molecular formula is C18H20N2O3S. The number of hydrogen-bond acceptors (Lipinski definition) is 4. The first-order valence-electron chi connectivity index (χ1n) is 8.07. The molecule has 5 nitrogen and oxygen atoms in total. The molecule has 1 N–H and O–H groups in total. The van der Waals surface area contributed by atoms with Crippen LogP contribution in [0.5, 0.6) is 0 Å². The Morgan fingerprint density at radius 2 is 2.00 bits per heavy atom. The molecule has 1 saturated heterocycles. The molecule has 0 unspecified atom stereocenters. The number of rotatable bonds is 4. The molecule has 1 aromatic heterocycles. The Bertz CT molecular complexity index is 752. The first kappa shape index (κ1) is 16.6. The van der Waals surface area contributed by atoms with Crippen LogP contribution in [0.25, 0.3) is 10.6 Å². The Morgan fingerprint density at radius 1 is 1.29 bits per heavy atom. The van der Waals surface area contributed by atoms with Crippen LogP contribution in [-0.2, 0) is 4.79 Å². The molecule has 126 valence electrons. The average Bonchev–Trinajstić information content (AvgIpc) is 3.24. The fourth-order valence-corrected chi connectivity index (χ4v) is 3.73. The van der Waals surface area contributed by atoms with Crippen molar-refractivity contribution in [3.63, 3.8) is 0 Å². The van der Waals surface area contributed by atoms with Crippen molar-refractivity contribution in [1.29, 1.82) is 0 Å². The van der Waals surface area contributed by atoms with Crippen molar-refractivity contribution in [3.05, 3.63) is 40.9 Å². The first-order chi connectivity index (χ1) is 11.5. The maximum absolute atomic E-state index is 12.6. The highest BCUT2D eigenvalue weighted by atomic mass is 32.1. The van der Waals surface area contributed by atoms with Gasteiger partial charge in [-0.1, -0.05) is 38.1 Å².